The van der Waals surface area contributed by atoms with Crippen molar-refractivity contribution in [3.63, 3.8) is 0 Å². The summed E-state index contributed by atoms with van der Waals surface area (Å²) in [7, 11) is 2.06. The van der Waals surface area contributed by atoms with E-state index in [2.05, 4.69) is 23.2 Å². The molecule has 2 N–H and O–H groups in total. The van der Waals surface area contributed by atoms with E-state index in [-0.39, 0.29) is 0 Å². The fraction of sp³-hybridized carbons (Fsp3) is 0.889. The lowest BCUT2D eigenvalue weighted by Crippen LogP contribution is -2.54. The molecule has 0 amide bonds. The van der Waals surface area contributed by atoms with Crippen molar-refractivity contribution in [1.82, 2.24) is 4.90 Å². The summed E-state index contributed by atoms with van der Waals surface area (Å²) in [6.07, 6.45) is 6.23. The summed E-state index contributed by atoms with van der Waals surface area (Å²) in [5.41, 5.74) is 5.77. The summed E-state index contributed by atoms with van der Waals surface area (Å²) in [4.78, 5) is 6.45. The molecule has 2 aliphatic rings. The molecule has 1 aliphatic heterocycles. The Morgan fingerprint density at radius 1 is 1.62 bits per heavy atom. The molecule has 1 fully saturated rings. The van der Waals surface area contributed by atoms with Crippen molar-refractivity contribution in [2.75, 3.05) is 19.8 Å². The summed E-state index contributed by atoms with van der Waals surface area (Å²) in [5.74, 6) is 0.713. The van der Waals surface area contributed by atoms with E-state index in [9.17, 15) is 0 Å². The molecule has 0 saturated heterocycles. The van der Waals surface area contributed by atoms with Crippen LogP contribution in [0, 0.1) is 0 Å². The second-order valence-corrected chi connectivity index (χ2v) is 5.17. The molecule has 0 aromatic carbocycles. The van der Waals surface area contributed by atoms with Gasteiger partial charge in [-0.25, -0.2) is 0 Å². The van der Waals surface area contributed by atoms with Gasteiger partial charge < -0.3 is 10.6 Å². The largest absolute Gasteiger partial charge is 0.370 e. The highest BCUT2D eigenvalue weighted by Gasteiger charge is 2.47. The number of rotatable bonds is 2. The van der Waals surface area contributed by atoms with Crippen LogP contribution in [-0.2, 0) is 0 Å². The van der Waals surface area contributed by atoms with Crippen LogP contribution in [0.15, 0.2) is 4.99 Å². The second-order valence-electron chi connectivity index (χ2n) is 3.95. The van der Waals surface area contributed by atoms with Gasteiger partial charge in [-0.05, 0) is 19.1 Å². The number of nitrogens with two attached hydrogens (primary N) is 1. The predicted molar refractivity (Wildman–Crippen MR) is 58.1 cm³/mol. The quantitative estimate of drug-likeness (QED) is 0.718. The van der Waals surface area contributed by atoms with Crippen molar-refractivity contribution in [3.8, 4) is 0 Å². The molecule has 1 atom stereocenters. The number of aliphatic imine (C=N–C) groups is 1. The van der Waals surface area contributed by atoms with Crippen LogP contribution in [-0.4, -0.2) is 41.5 Å². The number of likely N-dealkylation sites (N-methyl/N-ethyl adjacent to an activating group) is 1. The molecule has 1 unspecified atom stereocenters. The average Bonchev–Trinajstić information content (AvgIpc) is 2.35. The summed E-state index contributed by atoms with van der Waals surface area (Å²) in [6.45, 7) is 0.892. The molecule has 1 saturated carbocycles. The van der Waals surface area contributed by atoms with Crippen LogP contribution < -0.4 is 5.73 Å². The van der Waals surface area contributed by atoms with Crippen LogP contribution in [0.5, 0.6) is 0 Å². The third-order valence-electron chi connectivity index (χ3n) is 3.47. The van der Waals surface area contributed by atoms with Crippen molar-refractivity contribution in [2.24, 2.45) is 10.7 Å². The van der Waals surface area contributed by atoms with Gasteiger partial charge in [0.2, 0.25) is 0 Å². The monoisotopic (exact) mass is 199 g/mol. The van der Waals surface area contributed by atoms with E-state index < -0.39 is 0 Å². The Bertz CT molecular complexity index is 230. The normalized spacial score (nSPS) is 31.4. The van der Waals surface area contributed by atoms with E-state index >= 15 is 0 Å². The lowest BCUT2D eigenvalue weighted by molar-refractivity contribution is 0.225. The van der Waals surface area contributed by atoms with Crippen LogP contribution in [0.2, 0.25) is 0 Å². The fourth-order valence-corrected chi connectivity index (χ4v) is 3.49. The van der Waals surface area contributed by atoms with Crippen molar-refractivity contribution in [2.45, 2.75) is 30.1 Å². The van der Waals surface area contributed by atoms with Gasteiger partial charge in [-0.15, -0.1) is 0 Å². The highest BCUT2D eigenvalue weighted by atomic mass is 32.2. The molecule has 1 heterocycles. The Labute approximate surface area is 83.8 Å². The lowest BCUT2D eigenvalue weighted by atomic mass is 9.78. The van der Waals surface area contributed by atoms with Gasteiger partial charge in [0.05, 0.1) is 12.6 Å². The maximum Gasteiger partial charge on any atom is 0.191 e. The van der Waals surface area contributed by atoms with Gasteiger partial charge in [-0.3, -0.25) is 4.99 Å². The molecule has 74 valence electrons. The van der Waals surface area contributed by atoms with Gasteiger partial charge >= 0.3 is 0 Å². The zero-order valence-electron chi connectivity index (χ0n) is 8.29. The SMILES string of the molecule is CSC1(C2CN=C(N)N2C)CCC1. The number of thioether (sulfide) groups is 1. The van der Waals surface area contributed by atoms with Crippen LogP contribution in [0.4, 0.5) is 0 Å². The van der Waals surface area contributed by atoms with Crippen LogP contribution >= 0.6 is 11.8 Å². The Hall–Kier alpha value is -0.380. The molecular formula is C9H17N3S. The first kappa shape index (κ1) is 9.19. The molecule has 13 heavy (non-hydrogen) atoms. The van der Waals surface area contributed by atoms with E-state index in [1.54, 1.807) is 0 Å². The third-order valence-corrected chi connectivity index (χ3v) is 4.96. The number of nitrogens with zero attached hydrogens (tertiary/aromatic N) is 2. The number of hydrogen-bond acceptors (Lipinski definition) is 4. The number of guanidine groups is 1. The maximum atomic E-state index is 5.77. The lowest BCUT2D eigenvalue weighted by Gasteiger charge is -2.47. The second kappa shape index (κ2) is 3.08. The van der Waals surface area contributed by atoms with E-state index in [0.717, 1.165) is 6.54 Å². The molecule has 0 aromatic rings. The van der Waals surface area contributed by atoms with Gasteiger partial charge in [0.25, 0.3) is 0 Å². The molecule has 0 radical (unpaired) electrons. The first-order valence-electron chi connectivity index (χ1n) is 4.77. The fourth-order valence-electron chi connectivity index (χ4n) is 2.29. The molecule has 0 spiro atoms. The molecular weight excluding hydrogens is 182 g/mol. The van der Waals surface area contributed by atoms with Crippen molar-refractivity contribution in [1.29, 1.82) is 0 Å². The molecule has 2 rings (SSSR count). The first-order valence-corrected chi connectivity index (χ1v) is 6.00. The van der Waals surface area contributed by atoms with Crippen LogP contribution in [0.25, 0.3) is 0 Å². The van der Waals surface area contributed by atoms with Gasteiger partial charge in [0.15, 0.2) is 5.96 Å². The highest BCUT2D eigenvalue weighted by Crippen LogP contribution is 2.47. The Balaban J connectivity index is 2.10. The van der Waals surface area contributed by atoms with Crippen molar-refractivity contribution >= 4 is 17.7 Å². The topological polar surface area (TPSA) is 41.6 Å². The minimum absolute atomic E-state index is 0.444. The van der Waals surface area contributed by atoms with Gasteiger partial charge in [0.1, 0.15) is 0 Å². The molecule has 3 nitrogen and oxygen atoms in total. The smallest absolute Gasteiger partial charge is 0.191 e. The average molecular weight is 199 g/mol. The van der Waals surface area contributed by atoms with E-state index in [1.165, 1.54) is 19.3 Å². The van der Waals surface area contributed by atoms with Crippen molar-refractivity contribution in [3.05, 3.63) is 0 Å². The minimum Gasteiger partial charge on any atom is -0.370 e. The van der Waals surface area contributed by atoms with E-state index in [4.69, 9.17) is 5.73 Å². The highest BCUT2D eigenvalue weighted by molar-refractivity contribution is 8.00. The summed E-state index contributed by atoms with van der Waals surface area (Å²) in [5, 5.41) is 0. The summed E-state index contributed by atoms with van der Waals surface area (Å²) >= 11 is 1.99. The standard InChI is InChI=1S/C9H17N3S/c1-12-7(6-11-8(12)10)9(13-2)4-3-5-9/h7H,3-6H2,1-2H3,(H2,10,11). The minimum atomic E-state index is 0.444. The number of hydrogen-bond donors (Lipinski definition) is 1. The summed E-state index contributed by atoms with van der Waals surface area (Å²) < 4.78 is 0.444. The molecule has 4 heteroatoms. The van der Waals surface area contributed by atoms with Crippen molar-refractivity contribution < 1.29 is 0 Å². The third kappa shape index (κ3) is 1.23. The summed E-state index contributed by atoms with van der Waals surface area (Å²) in [6, 6.07) is 0.538. The zero-order valence-corrected chi connectivity index (χ0v) is 9.10. The Morgan fingerprint density at radius 3 is 2.62 bits per heavy atom. The molecule has 1 aliphatic carbocycles. The van der Waals surface area contributed by atoms with Gasteiger partial charge in [-0.2, -0.15) is 11.8 Å². The first-order chi connectivity index (χ1) is 6.19. The van der Waals surface area contributed by atoms with Crippen LogP contribution in [0.3, 0.4) is 0 Å². The maximum absolute atomic E-state index is 5.77. The van der Waals surface area contributed by atoms with Crippen LogP contribution in [0.1, 0.15) is 19.3 Å². The van der Waals surface area contributed by atoms with Gasteiger partial charge in [-0.1, -0.05) is 6.42 Å². The van der Waals surface area contributed by atoms with E-state index in [0.29, 0.717) is 16.7 Å². The molecule has 0 aromatic heterocycles. The molecule has 0 bridgehead atoms. The van der Waals surface area contributed by atoms with E-state index in [1.807, 2.05) is 11.8 Å². The van der Waals surface area contributed by atoms with Gasteiger partial charge in [0, 0.05) is 11.8 Å². The Morgan fingerprint density at radius 2 is 2.31 bits per heavy atom. The predicted octanol–water partition coefficient (Wildman–Crippen LogP) is 0.901. The Kier molecular flexibility index (Phi) is 2.18. The zero-order chi connectivity index (χ0) is 9.47.